The first kappa shape index (κ1) is 10.3. The third-order valence-corrected chi connectivity index (χ3v) is 0.905. The molecule has 0 radical (unpaired) electrons. The molecule has 0 rings (SSSR count). The van der Waals surface area contributed by atoms with Gasteiger partial charge in [-0.25, -0.2) is 0 Å². The van der Waals surface area contributed by atoms with Gasteiger partial charge in [0.1, 0.15) is 12.8 Å². The summed E-state index contributed by atoms with van der Waals surface area (Å²) >= 11 is 0. The van der Waals surface area contributed by atoms with Crippen molar-refractivity contribution < 1.29 is 24.2 Å². The van der Waals surface area contributed by atoms with E-state index in [1.807, 2.05) is 0 Å². The van der Waals surface area contributed by atoms with Crippen LogP contribution in [-0.2, 0) is 19.1 Å². The zero-order chi connectivity index (χ0) is 9.56. The molecule has 1 N–H and O–H groups in total. The quantitative estimate of drug-likeness (QED) is 0.361. The lowest BCUT2D eigenvalue weighted by atomic mass is 10.2. The molecule has 0 fully saturated rings. The SMILES string of the molecule is C=COC(=O)CC(=O)CC(=O)O. The van der Waals surface area contributed by atoms with Crippen LogP contribution < -0.4 is 0 Å². The van der Waals surface area contributed by atoms with E-state index in [9.17, 15) is 14.4 Å². The molecule has 0 saturated carbocycles. The zero-order valence-corrected chi connectivity index (χ0v) is 6.28. The molecule has 0 aromatic carbocycles. The highest BCUT2D eigenvalue weighted by Crippen LogP contribution is 1.93. The van der Waals surface area contributed by atoms with Crippen molar-refractivity contribution in [3.8, 4) is 0 Å². The summed E-state index contributed by atoms with van der Waals surface area (Å²) in [5.74, 6) is -2.74. The van der Waals surface area contributed by atoms with Gasteiger partial charge in [0.05, 0.1) is 6.26 Å². The van der Waals surface area contributed by atoms with Crippen LogP contribution in [0, 0.1) is 0 Å². The molecule has 0 amide bonds. The van der Waals surface area contributed by atoms with Gasteiger partial charge in [-0.3, -0.25) is 14.4 Å². The van der Waals surface area contributed by atoms with E-state index < -0.39 is 30.6 Å². The first-order chi connectivity index (χ1) is 5.56. The average molecular weight is 172 g/mol. The molecule has 0 aliphatic carbocycles. The molecular formula is C7H8O5. The molecule has 0 heterocycles. The molecule has 0 aromatic rings. The highest BCUT2D eigenvalue weighted by molar-refractivity contribution is 6.03. The molecule has 5 heteroatoms. The van der Waals surface area contributed by atoms with Crippen LogP contribution in [0.3, 0.4) is 0 Å². The molecule has 0 aromatic heterocycles. The second-order valence-electron chi connectivity index (χ2n) is 1.94. The van der Waals surface area contributed by atoms with Crippen LogP contribution in [0.1, 0.15) is 12.8 Å². The maximum atomic E-state index is 10.6. The number of hydrogen-bond acceptors (Lipinski definition) is 4. The van der Waals surface area contributed by atoms with Gasteiger partial charge >= 0.3 is 11.9 Å². The Kier molecular flexibility index (Phi) is 4.36. The van der Waals surface area contributed by atoms with Crippen LogP contribution in [-0.4, -0.2) is 22.8 Å². The van der Waals surface area contributed by atoms with Crippen LogP contribution in [0.2, 0.25) is 0 Å². The Morgan fingerprint density at radius 1 is 1.33 bits per heavy atom. The summed E-state index contributed by atoms with van der Waals surface area (Å²) in [7, 11) is 0. The van der Waals surface area contributed by atoms with E-state index in [4.69, 9.17) is 5.11 Å². The molecule has 12 heavy (non-hydrogen) atoms. The summed E-state index contributed by atoms with van der Waals surface area (Å²) in [5, 5.41) is 8.13. The molecule has 0 atom stereocenters. The molecule has 0 bridgehead atoms. The summed E-state index contributed by atoms with van der Waals surface area (Å²) in [6.45, 7) is 3.10. The van der Waals surface area contributed by atoms with E-state index >= 15 is 0 Å². The zero-order valence-electron chi connectivity index (χ0n) is 6.28. The van der Waals surface area contributed by atoms with Crippen LogP contribution in [0.15, 0.2) is 12.8 Å². The average Bonchev–Trinajstić information content (AvgIpc) is 1.84. The lowest BCUT2D eigenvalue weighted by Crippen LogP contribution is -2.12. The van der Waals surface area contributed by atoms with Crippen LogP contribution >= 0.6 is 0 Å². The second kappa shape index (κ2) is 5.06. The Morgan fingerprint density at radius 2 is 1.92 bits per heavy atom. The van der Waals surface area contributed by atoms with E-state index in [1.165, 1.54) is 0 Å². The second-order valence-corrected chi connectivity index (χ2v) is 1.94. The number of carboxylic acid groups (broad SMARTS) is 1. The van der Waals surface area contributed by atoms with Gasteiger partial charge in [0.25, 0.3) is 0 Å². The highest BCUT2D eigenvalue weighted by Gasteiger charge is 2.12. The third kappa shape index (κ3) is 5.16. The van der Waals surface area contributed by atoms with Crippen molar-refractivity contribution in [1.29, 1.82) is 0 Å². The number of ketones is 1. The number of rotatable bonds is 5. The Bertz CT molecular complexity index is 218. The van der Waals surface area contributed by atoms with Crippen molar-refractivity contribution >= 4 is 17.7 Å². The number of Topliss-reactive ketones (excluding diaryl/α,β-unsaturated/α-hetero) is 1. The predicted octanol–water partition coefficient (Wildman–Crippen LogP) is 0.107. The van der Waals surface area contributed by atoms with Crippen molar-refractivity contribution in [3.63, 3.8) is 0 Å². The summed E-state index contributed by atoms with van der Waals surface area (Å²) in [5.41, 5.74) is 0. The Balaban J connectivity index is 3.76. The van der Waals surface area contributed by atoms with Crippen LogP contribution in [0.5, 0.6) is 0 Å². The fourth-order valence-electron chi connectivity index (χ4n) is 0.527. The van der Waals surface area contributed by atoms with Gasteiger partial charge in [-0.2, -0.15) is 0 Å². The molecular weight excluding hydrogens is 164 g/mol. The largest absolute Gasteiger partial charge is 0.481 e. The van der Waals surface area contributed by atoms with Gasteiger partial charge in [-0.05, 0) is 0 Å². The monoisotopic (exact) mass is 172 g/mol. The van der Waals surface area contributed by atoms with Gasteiger partial charge in [0, 0.05) is 0 Å². The number of aliphatic carboxylic acids is 1. The number of hydrogen-bond donors (Lipinski definition) is 1. The number of esters is 1. The van der Waals surface area contributed by atoms with Crippen molar-refractivity contribution in [2.24, 2.45) is 0 Å². The molecule has 5 nitrogen and oxygen atoms in total. The van der Waals surface area contributed by atoms with Crippen LogP contribution in [0.4, 0.5) is 0 Å². The molecule has 0 saturated heterocycles. The first-order valence-electron chi connectivity index (χ1n) is 3.10. The molecule has 0 spiro atoms. The summed E-state index contributed by atoms with van der Waals surface area (Å²) in [6, 6.07) is 0. The van der Waals surface area contributed by atoms with Crippen molar-refractivity contribution in [2.45, 2.75) is 12.8 Å². The fourth-order valence-corrected chi connectivity index (χ4v) is 0.527. The summed E-state index contributed by atoms with van der Waals surface area (Å²) in [4.78, 5) is 31.1. The highest BCUT2D eigenvalue weighted by atomic mass is 16.5. The Labute approximate surface area is 68.6 Å². The van der Waals surface area contributed by atoms with E-state index in [-0.39, 0.29) is 0 Å². The van der Waals surface area contributed by atoms with Gasteiger partial charge in [0.2, 0.25) is 0 Å². The van der Waals surface area contributed by atoms with Gasteiger partial charge in [-0.1, -0.05) is 6.58 Å². The standard InChI is InChI=1S/C7H8O5/c1-2-12-7(11)4-5(8)3-6(9)10/h2H,1,3-4H2,(H,9,10). The minimum atomic E-state index is -1.26. The summed E-state index contributed by atoms with van der Waals surface area (Å²) < 4.78 is 4.21. The molecule has 0 aliphatic heterocycles. The summed E-state index contributed by atoms with van der Waals surface area (Å²) in [6.07, 6.45) is -0.305. The van der Waals surface area contributed by atoms with Crippen LogP contribution in [0.25, 0.3) is 0 Å². The Hall–Kier alpha value is -1.65. The van der Waals surface area contributed by atoms with E-state index in [0.717, 1.165) is 6.26 Å². The predicted molar refractivity (Wildman–Crippen MR) is 38.2 cm³/mol. The molecule has 0 unspecified atom stereocenters. The number of carboxylic acids is 1. The maximum absolute atomic E-state index is 10.6. The number of carbonyl (C=O) groups is 3. The topological polar surface area (TPSA) is 80.7 Å². The minimum Gasteiger partial charge on any atom is -0.481 e. The molecule has 0 aliphatic rings. The lowest BCUT2D eigenvalue weighted by Gasteiger charge is -1.95. The van der Waals surface area contributed by atoms with Gasteiger partial charge in [-0.15, -0.1) is 0 Å². The van der Waals surface area contributed by atoms with Crippen molar-refractivity contribution in [3.05, 3.63) is 12.8 Å². The normalized spacial score (nSPS) is 8.67. The Morgan fingerprint density at radius 3 is 2.33 bits per heavy atom. The number of carbonyl (C=O) groups excluding carboxylic acids is 2. The van der Waals surface area contributed by atoms with Gasteiger partial charge < -0.3 is 9.84 Å². The fraction of sp³-hybridized carbons (Fsp3) is 0.286. The van der Waals surface area contributed by atoms with Crippen molar-refractivity contribution in [2.75, 3.05) is 0 Å². The van der Waals surface area contributed by atoms with Gasteiger partial charge in [0.15, 0.2) is 5.78 Å². The maximum Gasteiger partial charge on any atom is 0.318 e. The smallest absolute Gasteiger partial charge is 0.318 e. The first-order valence-corrected chi connectivity index (χ1v) is 3.10. The van der Waals surface area contributed by atoms with E-state index in [1.54, 1.807) is 0 Å². The van der Waals surface area contributed by atoms with E-state index in [0.29, 0.717) is 0 Å². The number of ether oxygens (including phenoxy) is 1. The van der Waals surface area contributed by atoms with E-state index in [2.05, 4.69) is 11.3 Å². The lowest BCUT2D eigenvalue weighted by molar-refractivity contribution is -0.143. The third-order valence-electron chi connectivity index (χ3n) is 0.905. The van der Waals surface area contributed by atoms with Crippen molar-refractivity contribution in [1.82, 2.24) is 0 Å². The minimum absolute atomic E-state index is 0.529. The molecule has 66 valence electrons.